The first-order chi connectivity index (χ1) is 11.8. The van der Waals surface area contributed by atoms with Gasteiger partial charge in [-0.3, -0.25) is 4.79 Å². The molecule has 4 nitrogen and oxygen atoms in total. The highest BCUT2D eigenvalue weighted by molar-refractivity contribution is 5.75. The van der Waals surface area contributed by atoms with Gasteiger partial charge < -0.3 is 9.47 Å². The normalized spacial score (nSPS) is 9.58. The summed E-state index contributed by atoms with van der Waals surface area (Å²) in [4.78, 5) is 10.5. The van der Waals surface area contributed by atoms with Crippen molar-refractivity contribution in [1.29, 1.82) is 5.26 Å². The van der Waals surface area contributed by atoms with Gasteiger partial charge in [-0.05, 0) is 48.0 Å². The van der Waals surface area contributed by atoms with Crippen LogP contribution in [0.25, 0.3) is 6.08 Å². The van der Waals surface area contributed by atoms with Crippen LogP contribution in [0.1, 0.15) is 30.5 Å². The summed E-state index contributed by atoms with van der Waals surface area (Å²) in [7, 11) is 1.62. The van der Waals surface area contributed by atoms with Crippen molar-refractivity contribution in [3.63, 3.8) is 0 Å². The number of aldehydes is 1. The van der Waals surface area contributed by atoms with Crippen LogP contribution in [-0.2, 0) is 11.4 Å². The summed E-state index contributed by atoms with van der Waals surface area (Å²) in [5, 5.41) is 8.94. The molecule has 0 heterocycles. The van der Waals surface area contributed by atoms with E-state index < -0.39 is 0 Å². The molecule has 0 unspecified atom stereocenters. The predicted octanol–water partition coefficient (Wildman–Crippen LogP) is 4.38. The molecule has 0 aliphatic carbocycles. The summed E-state index contributed by atoms with van der Waals surface area (Å²) in [6.45, 7) is 4.39. The van der Waals surface area contributed by atoms with Gasteiger partial charge in [-0.15, -0.1) is 0 Å². The van der Waals surface area contributed by atoms with Crippen LogP contribution < -0.4 is 9.47 Å². The van der Waals surface area contributed by atoms with Crippen molar-refractivity contribution in [3.8, 4) is 17.6 Å². The van der Waals surface area contributed by atoms with E-state index in [1.807, 2.05) is 38.1 Å². The number of rotatable bonds is 6. The van der Waals surface area contributed by atoms with Gasteiger partial charge in [-0.1, -0.05) is 26.0 Å². The molecule has 24 heavy (non-hydrogen) atoms. The number of carbonyl (C=O) groups is 1. The fourth-order valence-corrected chi connectivity index (χ4v) is 1.91. The molecule has 0 atom stereocenters. The summed E-state index contributed by atoms with van der Waals surface area (Å²) < 4.78 is 10.9. The highest BCUT2D eigenvalue weighted by atomic mass is 16.5. The molecule has 0 aromatic heterocycles. The van der Waals surface area contributed by atoms with Crippen molar-refractivity contribution in [2.75, 3.05) is 7.11 Å². The molecule has 4 heteroatoms. The third kappa shape index (κ3) is 5.62. The van der Waals surface area contributed by atoms with Gasteiger partial charge >= 0.3 is 0 Å². The van der Waals surface area contributed by atoms with E-state index in [1.165, 1.54) is 6.08 Å². The number of benzene rings is 2. The molecule has 2 aromatic carbocycles. The number of hydrogen-bond donors (Lipinski definition) is 0. The first-order valence-corrected chi connectivity index (χ1v) is 7.68. The van der Waals surface area contributed by atoms with E-state index >= 15 is 0 Å². The average molecular weight is 323 g/mol. The molecular weight excluding hydrogens is 302 g/mol. The Balaban J connectivity index is 0.00000139. The fraction of sp³-hybridized carbons (Fsp3) is 0.200. The smallest absolute Gasteiger partial charge is 0.142 e. The third-order valence-corrected chi connectivity index (χ3v) is 3.05. The summed E-state index contributed by atoms with van der Waals surface area (Å²) in [6.07, 6.45) is 3.68. The Morgan fingerprint density at radius 1 is 1.12 bits per heavy atom. The summed E-state index contributed by atoms with van der Waals surface area (Å²) in [5.41, 5.74) is 2.21. The van der Waals surface area contributed by atoms with E-state index in [4.69, 9.17) is 14.7 Å². The van der Waals surface area contributed by atoms with Crippen molar-refractivity contribution in [1.82, 2.24) is 0 Å². The van der Waals surface area contributed by atoms with Crippen molar-refractivity contribution in [2.24, 2.45) is 0 Å². The van der Waals surface area contributed by atoms with Crippen molar-refractivity contribution < 1.29 is 14.3 Å². The molecular formula is C20H21NO3. The molecule has 124 valence electrons. The number of hydrogen-bond acceptors (Lipinski definition) is 4. The number of nitriles is 1. The lowest BCUT2D eigenvalue weighted by Crippen LogP contribution is -1.97. The van der Waals surface area contributed by atoms with Gasteiger partial charge in [0, 0.05) is 5.56 Å². The minimum Gasteiger partial charge on any atom is -0.497 e. The van der Waals surface area contributed by atoms with Crippen LogP contribution in [0.5, 0.6) is 11.5 Å². The quantitative estimate of drug-likeness (QED) is 0.584. The predicted molar refractivity (Wildman–Crippen MR) is 94.9 cm³/mol. The van der Waals surface area contributed by atoms with Gasteiger partial charge in [0.25, 0.3) is 0 Å². The molecule has 0 radical (unpaired) electrons. The third-order valence-electron chi connectivity index (χ3n) is 3.05. The molecule has 2 aromatic rings. The maximum absolute atomic E-state index is 10.5. The van der Waals surface area contributed by atoms with Crippen LogP contribution in [0, 0.1) is 11.3 Å². The zero-order valence-electron chi connectivity index (χ0n) is 14.2. The number of ether oxygens (including phenoxy) is 2. The first-order valence-electron chi connectivity index (χ1n) is 7.68. The van der Waals surface area contributed by atoms with E-state index in [9.17, 15) is 4.79 Å². The molecule has 0 aliphatic rings. The Morgan fingerprint density at radius 2 is 1.83 bits per heavy atom. The van der Waals surface area contributed by atoms with E-state index in [2.05, 4.69) is 6.07 Å². The maximum atomic E-state index is 10.5. The van der Waals surface area contributed by atoms with Gasteiger partial charge in [0.2, 0.25) is 0 Å². The highest BCUT2D eigenvalue weighted by Crippen LogP contribution is 2.23. The topological polar surface area (TPSA) is 59.3 Å². The lowest BCUT2D eigenvalue weighted by atomic mass is 10.1. The Labute approximate surface area is 143 Å². The monoisotopic (exact) mass is 323 g/mol. The minimum atomic E-state index is 0.387. The maximum Gasteiger partial charge on any atom is 0.142 e. The minimum absolute atomic E-state index is 0.387. The molecule has 0 fully saturated rings. The second-order valence-corrected chi connectivity index (χ2v) is 4.50. The van der Waals surface area contributed by atoms with Gasteiger partial charge in [-0.25, -0.2) is 0 Å². The Bertz CT molecular complexity index is 713. The highest BCUT2D eigenvalue weighted by Gasteiger charge is 2.04. The molecule has 0 bridgehead atoms. The Kier molecular flexibility index (Phi) is 8.41. The van der Waals surface area contributed by atoms with Crippen LogP contribution in [0.2, 0.25) is 0 Å². The van der Waals surface area contributed by atoms with Crippen LogP contribution in [0.15, 0.2) is 48.5 Å². The van der Waals surface area contributed by atoms with E-state index in [-0.39, 0.29) is 0 Å². The second-order valence-electron chi connectivity index (χ2n) is 4.50. The summed E-state index contributed by atoms with van der Waals surface area (Å²) in [6, 6.07) is 14.7. The molecule has 0 spiro atoms. The summed E-state index contributed by atoms with van der Waals surface area (Å²) in [5.74, 6) is 1.41. The Morgan fingerprint density at radius 3 is 2.42 bits per heavy atom. The van der Waals surface area contributed by atoms with Crippen LogP contribution >= 0.6 is 0 Å². The summed E-state index contributed by atoms with van der Waals surface area (Å²) >= 11 is 0. The average Bonchev–Trinajstić information content (AvgIpc) is 2.67. The zero-order chi connectivity index (χ0) is 17.8. The van der Waals surface area contributed by atoms with E-state index in [1.54, 1.807) is 31.4 Å². The number of carbonyl (C=O) groups excluding carboxylic acids is 1. The van der Waals surface area contributed by atoms with E-state index in [0.29, 0.717) is 29.8 Å². The standard InChI is InChI=1S/C18H15NO3.C2H6/c1-21-17-7-4-14(5-8-17)13-22-18-9-6-15(12-19)11-16(18)3-2-10-20;1-2/h2-11H,13H2,1H3;1-2H3/b3-2+;. The van der Waals surface area contributed by atoms with Gasteiger partial charge in [-0.2, -0.15) is 5.26 Å². The lowest BCUT2D eigenvalue weighted by molar-refractivity contribution is -0.104. The molecule has 0 amide bonds. The van der Waals surface area contributed by atoms with Crippen molar-refractivity contribution >= 4 is 12.4 Å². The number of nitrogens with zero attached hydrogens (tertiary/aromatic N) is 1. The first kappa shape index (κ1) is 19.0. The van der Waals surface area contributed by atoms with Crippen LogP contribution in [0.3, 0.4) is 0 Å². The van der Waals surface area contributed by atoms with Gasteiger partial charge in [0.05, 0.1) is 18.7 Å². The van der Waals surface area contributed by atoms with Gasteiger partial charge in [0.1, 0.15) is 24.4 Å². The number of allylic oxidation sites excluding steroid dienone is 1. The number of methoxy groups -OCH3 is 1. The molecule has 0 saturated carbocycles. The SMILES string of the molecule is CC.COc1ccc(COc2ccc(C#N)cc2/C=C/C=O)cc1. The molecule has 2 rings (SSSR count). The van der Waals surface area contributed by atoms with Crippen molar-refractivity contribution in [2.45, 2.75) is 20.5 Å². The van der Waals surface area contributed by atoms with Gasteiger partial charge in [0.15, 0.2) is 0 Å². The lowest BCUT2D eigenvalue weighted by Gasteiger charge is -2.10. The molecule has 0 N–H and O–H groups in total. The van der Waals surface area contributed by atoms with Crippen molar-refractivity contribution in [3.05, 3.63) is 65.2 Å². The fourth-order valence-electron chi connectivity index (χ4n) is 1.91. The largest absolute Gasteiger partial charge is 0.497 e. The van der Waals surface area contributed by atoms with E-state index in [0.717, 1.165) is 11.3 Å². The van der Waals surface area contributed by atoms with Crippen LogP contribution in [-0.4, -0.2) is 13.4 Å². The Hall–Kier alpha value is -3.06. The molecule has 0 aliphatic heterocycles. The van der Waals surface area contributed by atoms with Crippen LogP contribution in [0.4, 0.5) is 0 Å². The second kappa shape index (κ2) is 10.6. The molecule has 0 saturated heterocycles. The zero-order valence-corrected chi connectivity index (χ0v) is 14.2.